The maximum atomic E-state index is 12.6. The number of aryl methyl sites for hydroxylation is 1. The Morgan fingerprint density at radius 1 is 1.25 bits per heavy atom. The maximum absolute atomic E-state index is 12.6. The molecule has 1 aliphatic rings. The molecule has 2 aromatic carbocycles. The summed E-state index contributed by atoms with van der Waals surface area (Å²) in [5, 5.41) is 6.66. The van der Waals surface area contributed by atoms with E-state index in [2.05, 4.69) is 39.6 Å². The molecule has 1 N–H and O–H groups in total. The second-order valence-corrected chi connectivity index (χ2v) is 6.97. The Bertz CT molecular complexity index is 982. The standard InChI is InChI=1S/C22H23N3O3/c1-15-12-20(24-28-15)23-21(26)14-25-11-10-16-6-3-4-9-19(16)22(25)17-7-5-8-18(13-17)27-2/h3-9,12-13,22H,10-11,14H2,1-2H3,(H,23,24,26)/t22-/m0/s1. The third-order valence-corrected chi connectivity index (χ3v) is 5.03. The summed E-state index contributed by atoms with van der Waals surface area (Å²) in [6, 6.07) is 18.2. The second kappa shape index (κ2) is 7.86. The van der Waals surface area contributed by atoms with Gasteiger partial charge in [0.15, 0.2) is 5.82 Å². The van der Waals surface area contributed by atoms with Gasteiger partial charge in [-0.2, -0.15) is 0 Å². The minimum atomic E-state index is -0.111. The van der Waals surface area contributed by atoms with Crippen LogP contribution in [0.2, 0.25) is 0 Å². The van der Waals surface area contributed by atoms with Crippen LogP contribution in [0.5, 0.6) is 5.75 Å². The van der Waals surface area contributed by atoms with Crippen molar-refractivity contribution in [3.63, 3.8) is 0 Å². The Labute approximate surface area is 164 Å². The summed E-state index contributed by atoms with van der Waals surface area (Å²) in [4.78, 5) is 14.8. The third kappa shape index (κ3) is 3.77. The molecule has 1 aliphatic heterocycles. The Morgan fingerprint density at radius 2 is 2.11 bits per heavy atom. The van der Waals surface area contributed by atoms with Crippen LogP contribution < -0.4 is 10.1 Å². The number of carbonyl (C=O) groups is 1. The molecule has 0 spiro atoms. The molecule has 1 amide bonds. The summed E-state index contributed by atoms with van der Waals surface area (Å²) >= 11 is 0. The molecule has 28 heavy (non-hydrogen) atoms. The minimum Gasteiger partial charge on any atom is -0.497 e. The van der Waals surface area contributed by atoms with Gasteiger partial charge in [0.25, 0.3) is 0 Å². The number of fused-ring (bicyclic) bond motifs is 1. The molecule has 0 aliphatic carbocycles. The second-order valence-electron chi connectivity index (χ2n) is 6.97. The van der Waals surface area contributed by atoms with Crippen LogP contribution in [0.15, 0.2) is 59.1 Å². The van der Waals surface area contributed by atoms with Gasteiger partial charge in [-0.25, -0.2) is 0 Å². The van der Waals surface area contributed by atoms with Gasteiger partial charge < -0.3 is 14.6 Å². The molecule has 6 heteroatoms. The quantitative estimate of drug-likeness (QED) is 0.736. The summed E-state index contributed by atoms with van der Waals surface area (Å²) in [5.74, 6) is 1.80. The van der Waals surface area contributed by atoms with E-state index in [1.807, 2.05) is 24.3 Å². The Balaban J connectivity index is 1.62. The first kappa shape index (κ1) is 18.3. The Morgan fingerprint density at radius 3 is 2.89 bits per heavy atom. The summed E-state index contributed by atoms with van der Waals surface area (Å²) in [6.07, 6.45) is 0.910. The molecule has 0 bridgehead atoms. The van der Waals surface area contributed by atoms with Crippen LogP contribution in [0.4, 0.5) is 5.82 Å². The number of rotatable bonds is 5. The highest BCUT2D eigenvalue weighted by Gasteiger charge is 2.30. The first-order valence-electron chi connectivity index (χ1n) is 9.33. The molecular weight excluding hydrogens is 354 g/mol. The highest BCUT2D eigenvalue weighted by molar-refractivity contribution is 5.91. The van der Waals surface area contributed by atoms with Gasteiger partial charge in [-0.15, -0.1) is 0 Å². The average molecular weight is 377 g/mol. The van der Waals surface area contributed by atoms with Crippen LogP contribution in [0.25, 0.3) is 0 Å². The molecule has 2 heterocycles. The number of hydrogen-bond donors (Lipinski definition) is 1. The predicted molar refractivity (Wildman–Crippen MR) is 106 cm³/mol. The monoisotopic (exact) mass is 377 g/mol. The van der Waals surface area contributed by atoms with Crippen molar-refractivity contribution in [2.24, 2.45) is 0 Å². The lowest BCUT2D eigenvalue weighted by Crippen LogP contribution is -2.41. The fourth-order valence-corrected chi connectivity index (χ4v) is 3.78. The van der Waals surface area contributed by atoms with Gasteiger partial charge in [0.05, 0.1) is 19.7 Å². The van der Waals surface area contributed by atoms with Crippen molar-refractivity contribution in [3.05, 3.63) is 77.0 Å². The third-order valence-electron chi connectivity index (χ3n) is 5.03. The normalized spacial score (nSPS) is 16.4. The molecule has 0 fully saturated rings. The van der Waals surface area contributed by atoms with E-state index in [1.54, 1.807) is 20.1 Å². The lowest BCUT2D eigenvalue weighted by molar-refractivity contribution is -0.117. The fraction of sp³-hybridized carbons (Fsp3) is 0.273. The zero-order valence-corrected chi connectivity index (χ0v) is 16.0. The lowest BCUT2D eigenvalue weighted by Gasteiger charge is -2.37. The highest BCUT2D eigenvalue weighted by Crippen LogP contribution is 2.36. The van der Waals surface area contributed by atoms with E-state index in [4.69, 9.17) is 9.26 Å². The van der Waals surface area contributed by atoms with Crippen molar-refractivity contribution in [2.75, 3.05) is 25.5 Å². The summed E-state index contributed by atoms with van der Waals surface area (Å²) < 4.78 is 10.4. The molecule has 3 aromatic rings. The number of anilines is 1. The lowest BCUT2D eigenvalue weighted by atomic mass is 9.88. The predicted octanol–water partition coefficient (Wildman–Crippen LogP) is 3.58. The van der Waals surface area contributed by atoms with E-state index in [9.17, 15) is 4.79 Å². The van der Waals surface area contributed by atoms with Crippen LogP contribution in [0.3, 0.4) is 0 Å². The molecule has 6 nitrogen and oxygen atoms in total. The first-order valence-corrected chi connectivity index (χ1v) is 9.33. The fourth-order valence-electron chi connectivity index (χ4n) is 3.78. The number of methoxy groups -OCH3 is 1. The zero-order chi connectivity index (χ0) is 19.5. The van der Waals surface area contributed by atoms with Crippen molar-refractivity contribution in [1.29, 1.82) is 0 Å². The van der Waals surface area contributed by atoms with Gasteiger partial charge in [-0.1, -0.05) is 41.6 Å². The molecule has 0 saturated heterocycles. The number of nitrogens with zero attached hydrogens (tertiary/aromatic N) is 2. The number of aromatic nitrogens is 1. The highest BCUT2D eigenvalue weighted by atomic mass is 16.5. The molecule has 1 aromatic heterocycles. The Hall–Kier alpha value is -3.12. The molecule has 144 valence electrons. The van der Waals surface area contributed by atoms with Crippen molar-refractivity contribution in [1.82, 2.24) is 10.1 Å². The molecule has 0 saturated carbocycles. The molecule has 0 unspecified atom stereocenters. The summed E-state index contributed by atoms with van der Waals surface area (Å²) in [6.45, 7) is 2.86. The number of amides is 1. The van der Waals surface area contributed by atoms with Crippen molar-refractivity contribution in [2.45, 2.75) is 19.4 Å². The van der Waals surface area contributed by atoms with E-state index in [0.29, 0.717) is 11.6 Å². The number of hydrogen-bond acceptors (Lipinski definition) is 5. The van der Waals surface area contributed by atoms with Crippen molar-refractivity contribution in [3.8, 4) is 5.75 Å². The van der Waals surface area contributed by atoms with Gasteiger partial charge in [-0.3, -0.25) is 9.69 Å². The topological polar surface area (TPSA) is 67.6 Å². The molecule has 4 rings (SSSR count). The molecule has 1 atom stereocenters. The smallest absolute Gasteiger partial charge is 0.239 e. The number of ether oxygens (including phenoxy) is 1. The summed E-state index contributed by atoms with van der Waals surface area (Å²) in [7, 11) is 1.67. The van der Waals surface area contributed by atoms with Crippen LogP contribution >= 0.6 is 0 Å². The van der Waals surface area contributed by atoms with E-state index in [0.717, 1.165) is 24.3 Å². The van der Waals surface area contributed by atoms with Crippen LogP contribution in [0.1, 0.15) is 28.5 Å². The summed E-state index contributed by atoms with van der Waals surface area (Å²) in [5.41, 5.74) is 3.66. The number of nitrogens with one attached hydrogen (secondary N) is 1. The first-order chi connectivity index (χ1) is 13.6. The average Bonchev–Trinajstić information content (AvgIpc) is 3.12. The molecular formula is C22H23N3O3. The number of carbonyl (C=O) groups excluding carboxylic acids is 1. The number of benzene rings is 2. The maximum Gasteiger partial charge on any atom is 0.239 e. The zero-order valence-electron chi connectivity index (χ0n) is 16.0. The van der Waals surface area contributed by atoms with Gasteiger partial charge in [0.1, 0.15) is 11.5 Å². The van der Waals surface area contributed by atoms with E-state index >= 15 is 0 Å². The van der Waals surface area contributed by atoms with Crippen LogP contribution in [0, 0.1) is 6.92 Å². The van der Waals surface area contributed by atoms with Gasteiger partial charge in [-0.05, 0) is 42.2 Å². The minimum absolute atomic E-state index is 0.00940. The van der Waals surface area contributed by atoms with Gasteiger partial charge in [0, 0.05) is 12.6 Å². The largest absolute Gasteiger partial charge is 0.497 e. The Kier molecular flexibility index (Phi) is 5.12. The van der Waals surface area contributed by atoms with Crippen LogP contribution in [-0.4, -0.2) is 36.2 Å². The van der Waals surface area contributed by atoms with Crippen molar-refractivity contribution < 1.29 is 14.1 Å². The van der Waals surface area contributed by atoms with Gasteiger partial charge in [0.2, 0.25) is 5.91 Å². The SMILES string of the molecule is COc1cccc([C@H]2c3ccccc3CCN2CC(=O)Nc2cc(C)on2)c1. The molecule has 0 radical (unpaired) electrons. The van der Waals surface area contributed by atoms with E-state index < -0.39 is 0 Å². The van der Waals surface area contributed by atoms with Crippen molar-refractivity contribution >= 4 is 11.7 Å². The van der Waals surface area contributed by atoms with E-state index in [1.165, 1.54) is 11.1 Å². The van der Waals surface area contributed by atoms with Crippen LogP contribution in [-0.2, 0) is 11.2 Å². The van der Waals surface area contributed by atoms with E-state index in [-0.39, 0.29) is 18.5 Å². The van der Waals surface area contributed by atoms with Gasteiger partial charge >= 0.3 is 0 Å².